The summed E-state index contributed by atoms with van der Waals surface area (Å²) in [7, 11) is 0. The van der Waals surface area contributed by atoms with E-state index in [2.05, 4.69) is 32.5 Å². The minimum absolute atomic E-state index is 0.0946. The molecule has 1 unspecified atom stereocenters. The van der Waals surface area contributed by atoms with Gasteiger partial charge in [0.1, 0.15) is 6.54 Å². The highest BCUT2D eigenvalue weighted by Crippen LogP contribution is 2.24. The summed E-state index contributed by atoms with van der Waals surface area (Å²) >= 11 is 11.3. The number of H-pyrrole nitrogens is 1. The Bertz CT molecular complexity index is 1040. The molecule has 4 rings (SSSR count). The summed E-state index contributed by atoms with van der Waals surface area (Å²) in [5.41, 5.74) is 2.07. The van der Waals surface area contributed by atoms with E-state index >= 15 is 0 Å². The average Bonchev–Trinajstić information content (AvgIpc) is 3.41. The zero-order valence-corrected chi connectivity index (χ0v) is 18.1. The predicted octanol–water partition coefficient (Wildman–Crippen LogP) is 4.21. The van der Waals surface area contributed by atoms with Crippen molar-refractivity contribution >= 4 is 29.7 Å². The molecule has 0 spiro atoms. The van der Waals surface area contributed by atoms with Crippen molar-refractivity contribution in [3.63, 3.8) is 0 Å². The molecule has 1 aliphatic rings. The number of aromatic nitrogens is 3. The van der Waals surface area contributed by atoms with Crippen LogP contribution < -0.4 is 5.32 Å². The monoisotopic (exact) mass is 441 g/mol. The van der Waals surface area contributed by atoms with Crippen LogP contribution in [0.4, 0.5) is 0 Å². The molecule has 30 heavy (non-hydrogen) atoms. The molecule has 0 aliphatic carbocycles. The van der Waals surface area contributed by atoms with Crippen molar-refractivity contribution in [3.05, 3.63) is 70.0 Å². The molecule has 1 aliphatic heterocycles. The largest absolute Gasteiger partial charge is 0.353 e. The van der Waals surface area contributed by atoms with Gasteiger partial charge in [-0.3, -0.25) is 19.4 Å². The van der Waals surface area contributed by atoms with Gasteiger partial charge in [-0.2, -0.15) is 5.10 Å². The third-order valence-electron chi connectivity index (χ3n) is 5.42. The van der Waals surface area contributed by atoms with Crippen LogP contribution in [0.25, 0.3) is 11.4 Å². The smallest absolute Gasteiger partial charge is 0.240 e. The second kappa shape index (κ2) is 9.55. The number of hydrogen-bond acceptors (Lipinski definition) is 4. The standard InChI is InChI=1S/C22H24ClN5OS/c23-18-10-8-17(9-11-18)21-25-26-22(30)28(21)15-20(29)24-14-19(27-12-4-5-13-27)16-6-2-1-3-7-16/h1-3,6-11,19H,4-5,12-15H2,(H,24,29)(H,26,30). The van der Waals surface area contributed by atoms with Gasteiger partial charge in [-0.1, -0.05) is 41.9 Å². The van der Waals surface area contributed by atoms with Gasteiger partial charge in [-0.15, -0.1) is 0 Å². The molecule has 0 saturated carbocycles. The van der Waals surface area contributed by atoms with E-state index in [-0.39, 0.29) is 18.5 Å². The summed E-state index contributed by atoms with van der Waals surface area (Å²) in [6.07, 6.45) is 2.40. The number of benzene rings is 2. The third kappa shape index (κ3) is 4.80. The van der Waals surface area contributed by atoms with E-state index < -0.39 is 0 Å². The highest BCUT2D eigenvalue weighted by molar-refractivity contribution is 7.71. The normalized spacial score (nSPS) is 15.2. The molecule has 2 heterocycles. The van der Waals surface area contributed by atoms with Gasteiger partial charge in [0.25, 0.3) is 0 Å². The fourth-order valence-corrected chi connectivity index (χ4v) is 4.20. The van der Waals surface area contributed by atoms with Crippen molar-refractivity contribution in [1.82, 2.24) is 25.0 Å². The Balaban J connectivity index is 1.46. The van der Waals surface area contributed by atoms with Gasteiger partial charge in [0.05, 0.1) is 6.04 Å². The summed E-state index contributed by atoms with van der Waals surface area (Å²) in [5, 5.41) is 10.8. The quantitative estimate of drug-likeness (QED) is 0.539. The molecule has 0 bridgehead atoms. The van der Waals surface area contributed by atoms with Crippen molar-refractivity contribution in [2.24, 2.45) is 0 Å². The lowest BCUT2D eigenvalue weighted by Gasteiger charge is -2.28. The number of hydrogen-bond donors (Lipinski definition) is 2. The van der Waals surface area contributed by atoms with Gasteiger partial charge >= 0.3 is 0 Å². The van der Waals surface area contributed by atoms with Gasteiger partial charge in [-0.25, -0.2) is 0 Å². The topological polar surface area (TPSA) is 66.0 Å². The molecule has 1 fully saturated rings. The van der Waals surface area contributed by atoms with Crippen molar-refractivity contribution in [2.45, 2.75) is 25.4 Å². The van der Waals surface area contributed by atoms with Gasteiger partial charge in [0.2, 0.25) is 5.91 Å². The maximum Gasteiger partial charge on any atom is 0.240 e. The van der Waals surface area contributed by atoms with Crippen molar-refractivity contribution < 1.29 is 4.79 Å². The van der Waals surface area contributed by atoms with Crippen LogP contribution in [0.3, 0.4) is 0 Å². The van der Waals surface area contributed by atoms with Gasteiger partial charge < -0.3 is 5.32 Å². The number of likely N-dealkylation sites (tertiary alicyclic amines) is 1. The maximum atomic E-state index is 12.8. The second-order valence-electron chi connectivity index (χ2n) is 7.42. The van der Waals surface area contributed by atoms with Gasteiger partial charge in [0.15, 0.2) is 10.6 Å². The Morgan fingerprint density at radius 2 is 1.83 bits per heavy atom. The molecule has 2 N–H and O–H groups in total. The first kappa shape index (κ1) is 20.8. The van der Waals surface area contributed by atoms with E-state index in [1.165, 1.54) is 18.4 Å². The number of nitrogens with one attached hydrogen (secondary N) is 2. The molecule has 3 aromatic rings. The zero-order valence-electron chi connectivity index (χ0n) is 16.6. The Morgan fingerprint density at radius 1 is 1.13 bits per heavy atom. The second-order valence-corrected chi connectivity index (χ2v) is 8.24. The lowest BCUT2D eigenvalue weighted by molar-refractivity contribution is -0.121. The van der Waals surface area contributed by atoms with E-state index in [0.29, 0.717) is 22.2 Å². The number of aromatic amines is 1. The van der Waals surface area contributed by atoms with Crippen LogP contribution >= 0.6 is 23.8 Å². The highest BCUT2D eigenvalue weighted by atomic mass is 35.5. The average molecular weight is 442 g/mol. The first-order valence-corrected chi connectivity index (χ1v) is 10.9. The van der Waals surface area contributed by atoms with Gasteiger partial charge in [0, 0.05) is 17.1 Å². The lowest BCUT2D eigenvalue weighted by Crippen LogP contribution is -2.38. The minimum atomic E-state index is -0.0946. The molecule has 0 radical (unpaired) electrons. The number of rotatable bonds is 7. The molecule has 1 atom stereocenters. The van der Waals surface area contributed by atoms with Crippen molar-refractivity contribution in [1.29, 1.82) is 0 Å². The van der Waals surface area contributed by atoms with E-state index in [0.717, 1.165) is 18.7 Å². The summed E-state index contributed by atoms with van der Waals surface area (Å²) in [6, 6.07) is 17.8. The van der Waals surface area contributed by atoms with E-state index in [4.69, 9.17) is 23.8 Å². The predicted molar refractivity (Wildman–Crippen MR) is 121 cm³/mol. The number of halogens is 1. The summed E-state index contributed by atoms with van der Waals surface area (Å²) in [5.74, 6) is 0.522. The lowest BCUT2D eigenvalue weighted by atomic mass is 10.1. The fraction of sp³-hybridized carbons (Fsp3) is 0.318. The van der Waals surface area contributed by atoms with Crippen LogP contribution in [0.2, 0.25) is 5.02 Å². The molecule has 8 heteroatoms. The first-order chi connectivity index (χ1) is 14.6. The zero-order chi connectivity index (χ0) is 20.9. The summed E-state index contributed by atoms with van der Waals surface area (Å²) in [4.78, 5) is 15.2. The third-order valence-corrected chi connectivity index (χ3v) is 5.98. The SMILES string of the molecule is O=C(Cn1c(-c2ccc(Cl)cc2)n[nH]c1=S)NCC(c1ccccc1)N1CCCC1. The molecule has 6 nitrogen and oxygen atoms in total. The van der Waals surface area contributed by atoms with Crippen LogP contribution in [0.5, 0.6) is 0 Å². The molecule has 156 valence electrons. The van der Waals surface area contributed by atoms with Crippen LogP contribution in [0.1, 0.15) is 24.4 Å². The van der Waals surface area contributed by atoms with E-state index in [1.54, 1.807) is 16.7 Å². The molecule has 2 aromatic carbocycles. The summed E-state index contributed by atoms with van der Waals surface area (Å²) < 4.78 is 2.12. The summed E-state index contributed by atoms with van der Waals surface area (Å²) in [6.45, 7) is 2.78. The van der Waals surface area contributed by atoms with Crippen LogP contribution in [-0.4, -0.2) is 45.2 Å². The molecule has 1 saturated heterocycles. The number of carbonyl (C=O) groups excluding carboxylic acids is 1. The Morgan fingerprint density at radius 3 is 2.53 bits per heavy atom. The number of carbonyl (C=O) groups is 1. The number of amides is 1. The fourth-order valence-electron chi connectivity index (χ4n) is 3.88. The molecular formula is C22H24ClN5OS. The Labute approximate surface area is 185 Å². The molecule has 1 aromatic heterocycles. The van der Waals surface area contributed by atoms with E-state index in [1.807, 2.05) is 30.3 Å². The van der Waals surface area contributed by atoms with Crippen LogP contribution in [0.15, 0.2) is 54.6 Å². The van der Waals surface area contributed by atoms with Crippen molar-refractivity contribution in [2.75, 3.05) is 19.6 Å². The number of nitrogens with zero attached hydrogens (tertiary/aromatic N) is 3. The van der Waals surface area contributed by atoms with Crippen LogP contribution in [-0.2, 0) is 11.3 Å². The van der Waals surface area contributed by atoms with Crippen molar-refractivity contribution in [3.8, 4) is 11.4 Å². The Hall–Kier alpha value is -2.48. The Kier molecular flexibility index (Phi) is 6.62. The van der Waals surface area contributed by atoms with E-state index in [9.17, 15) is 4.79 Å². The minimum Gasteiger partial charge on any atom is -0.353 e. The highest BCUT2D eigenvalue weighted by Gasteiger charge is 2.24. The van der Waals surface area contributed by atoms with Gasteiger partial charge in [-0.05, 0) is 68.0 Å². The molecular weight excluding hydrogens is 418 g/mol. The van der Waals surface area contributed by atoms with Crippen LogP contribution in [0, 0.1) is 4.77 Å². The molecule has 1 amide bonds. The first-order valence-electron chi connectivity index (χ1n) is 10.1. The maximum absolute atomic E-state index is 12.8.